The van der Waals surface area contributed by atoms with Crippen molar-refractivity contribution in [2.24, 2.45) is 5.92 Å². The molecule has 0 spiro atoms. The summed E-state index contributed by atoms with van der Waals surface area (Å²) in [5.74, 6) is 1.26. The van der Waals surface area contributed by atoms with E-state index in [1.165, 1.54) is 25.7 Å². The van der Waals surface area contributed by atoms with Crippen molar-refractivity contribution in [3.8, 4) is 0 Å². The zero-order valence-corrected chi connectivity index (χ0v) is 7.59. The summed E-state index contributed by atoms with van der Waals surface area (Å²) in [6.45, 7) is 2.08. The zero-order valence-electron chi connectivity index (χ0n) is 7.59. The molecule has 0 atom stereocenters. The molecule has 2 aliphatic rings. The van der Waals surface area contributed by atoms with Gasteiger partial charge in [0.05, 0.1) is 0 Å². The molecule has 0 unspecified atom stereocenters. The average Bonchev–Trinajstić information content (AvgIpc) is 2.84. The molecule has 12 heavy (non-hydrogen) atoms. The van der Waals surface area contributed by atoms with Crippen LogP contribution in [-0.2, 0) is 4.79 Å². The fourth-order valence-electron chi connectivity index (χ4n) is 1.84. The van der Waals surface area contributed by atoms with Crippen LogP contribution in [0.25, 0.3) is 0 Å². The molecule has 1 aliphatic heterocycles. The number of nitrogens with zero attached hydrogens (tertiary/aromatic N) is 1. The van der Waals surface area contributed by atoms with Crippen LogP contribution in [0.5, 0.6) is 0 Å². The molecule has 2 fully saturated rings. The summed E-state index contributed by atoms with van der Waals surface area (Å²) in [6, 6.07) is 0. The summed E-state index contributed by atoms with van der Waals surface area (Å²) in [5.41, 5.74) is 0. The van der Waals surface area contributed by atoms with E-state index < -0.39 is 0 Å². The Balaban J connectivity index is 1.85. The quantitative estimate of drug-likeness (QED) is 0.614. The van der Waals surface area contributed by atoms with Gasteiger partial charge in [0.15, 0.2) is 0 Å². The number of hydrogen-bond donors (Lipinski definition) is 0. The van der Waals surface area contributed by atoms with E-state index in [-0.39, 0.29) is 0 Å². The smallest absolute Gasteiger partial charge is 0.222 e. The largest absolute Gasteiger partial charge is 0.342 e. The van der Waals surface area contributed by atoms with Gasteiger partial charge in [-0.3, -0.25) is 4.79 Å². The number of likely N-dealkylation sites (tertiary alicyclic amines) is 1. The lowest BCUT2D eigenvalue weighted by Gasteiger charge is -2.19. The molecule has 0 N–H and O–H groups in total. The molecule has 0 aromatic heterocycles. The summed E-state index contributed by atoms with van der Waals surface area (Å²) in [7, 11) is 0. The minimum Gasteiger partial charge on any atom is -0.342 e. The van der Waals surface area contributed by atoms with Crippen molar-refractivity contribution in [1.82, 2.24) is 4.90 Å². The molecule has 0 bridgehead atoms. The molecule has 1 amide bonds. The van der Waals surface area contributed by atoms with E-state index in [1.807, 2.05) is 0 Å². The Kier molecular flexibility index (Phi) is 2.33. The first-order chi connectivity index (χ1) is 5.86. The van der Waals surface area contributed by atoms with Gasteiger partial charge in [-0.1, -0.05) is 6.42 Å². The predicted molar refractivity (Wildman–Crippen MR) is 47.8 cm³/mol. The Morgan fingerprint density at radius 1 is 1.25 bits per heavy atom. The van der Waals surface area contributed by atoms with Gasteiger partial charge in [0, 0.05) is 19.5 Å². The van der Waals surface area contributed by atoms with Crippen LogP contribution >= 0.6 is 0 Å². The second-order valence-corrected chi connectivity index (χ2v) is 4.09. The van der Waals surface area contributed by atoms with E-state index in [0.29, 0.717) is 5.91 Å². The zero-order chi connectivity index (χ0) is 8.39. The second-order valence-electron chi connectivity index (χ2n) is 4.09. The summed E-state index contributed by atoms with van der Waals surface area (Å²) in [6.07, 6.45) is 7.08. The molecule has 2 nitrogen and oxygen atoms in total. The maximum Gasteiger partial charge on any atom is 0.222 e. The molecule has 2 rings (SSSR count). The predicted octanol–water partition coefficient (Wildman–Crippen LogP) is 1.80. The number of carbonyl (C=O) groups is 1. The van der Waals surface area contributed by atoms with Crippen LogP contribution in [0.3, 0.4) is 0 Å². The van der Waals surface area contributed by atoms with E-state index in [2.05, 4.69) is 4.90 Å². The van der Waals surface area contributed by atoms with E-state index in [1.54, 1.807) is 0 Å². The molecule has 0 aromatic rings. The van der Waals surface area contributed by atoms with Crippen molar-refractivity contribution in [3.05, 3.63) is 0 Å². The highest BCUT2D eigenvalue weighted by Gasteiger charge is 2.26. The Morgan fingerprint density at radius 3 is 2.83 bits per heavy atom. The van der Waals surface area contributed by atoms with Crippen LogP contribution in [0.1, 0.15) is 38.5 Å². The molecule has 2 heteroatoms. The average molecular weight is 167 g/mol. The van der Waals surface area contributed by atoms with Crippen LogP contribution < -0.4 is 0 Å². The van der Waals surface area contributed by atoms with Crippen molar-refractivity contribution in [3.63, 3.8) is 0 Å². The Hall–Kier alpha value is -0.530. The van der Waals surface area contributed by atoms with E-state index in [9.17, 15) is 4.79 Å². The Labute approximate surface area is 73.9 Å². The summed E-state index contributed by atoms with van der Waals surface area (Å²) in [4.78, 5) is 13.6. The fraction of sp³-hybridized carbons (Fsp3) is 0.900. The molecule has 1 aliphatic carbocycles. The minimum absolute atomic E-state index is 0.402. The van der Waals surface area contributed by atoms with Crippen molar-refractivity contribution in [1.29, 1.82) is 0 Å². The highest BCUT2D eigenvalue weighted by atomic mass is 16.2. The molecule has 0 radical (unpaired) electrons. The molecule has 1 saturated carbocycles. The van der Waals surface area contributed by atoms with Gasteiger partial charge in [-0.2, -0.15) is 0 Å². The minimum atomic E-state index is 0.402. The standard InChI is InChI=1S/C10H17NO/c12-10-4-2-1-3-7-11(10)8-9-5-6-9/h9H,1-8H2. The van der Waals surface area contributed by atoms with Crippen LogP contribution in [0, 0.1) is 5.92 Å². The maximum atomic E-state index is 11.5. The number of hydrogen-bond acceptors (Lipinski definition) is 1. The van der Waals surface area contributed by atoms with E-state index in [4.69, 9.17) is 0 Å². The SMILES string of the molecule is O=C1CCCCCN1CC1CC1. The van der Waals surface area contributed by atoms with Crippen molar-refractivity contribution < 1.29 is 4.79 Å². The fourth-order valence-corrected chi connectivity index (χ4v) is 1.84. The first kappa shape index (κ1) is 8.09. The molecule has 68 valence electrons. The lowest BCUT2D eigenvalue weighted by Crippen LogP contribution is -2.32. The van der Waals surface area contributed by atoms with Crippen LogP contribution in [0.2, 0.25) is 0 Å². The lowest BCUT2D eigenvalue weighted by atomic mass is 10.2. The van der Waals surface area contributed by atoms with Gasteiger partial charge in [-0.15, -0.1) is 0 Å². The van der Waals surface area contributed by atoms with Crippen LogP contribution in [0.4, 0.5) is 0 Å². The number of amides is 1. The molecule has 0 aromatic carbocycles. The number of rotatable bonds is 2. The summed E-state index contributed by atoms with van der Waals surface area (Å²) < 4.78 is 0. The topological polar surface area (TPSA) is 20.3 Å². The normalized spacial score (nSPS) is 25.7. The molecule has 1 heterocycles. The Bertz CT molecular complexity index is 175. The van der Waals surface area contributed by atoms with Gasteiger partial charge in [0.2, 0.25) is 5.91 Å². The first-order valence-electron chi connectivity index (χ1n) is 5.14. The monoisotopic (exact) mass is 167 g/mol. The van der Waals surface area contributed by atoms with Crippen LogP contribution in [0.15, 0.2) is 0 Å². The molecular formula is C10H17NO. The van der Waals surface area contributed by atoms with Gasteiger partial charge >= 0.3 is 0 Å². The molecular weight excluding hydrogens is 150 g/mol. The van der Waals surface area contributed by atoms with Gasteiger partial charge in [0.25, 0.3) is 0 Å². The van der Waals surface area contributed by atoms with Crippen molar-refractivity contribution >= 4 is 5.91 Å². The first-order valence-corrected chi connectivity index (χ1v) is 5.14. The second kappa shape index (κ2) is 3.46. The summed E-state index contributed by atoms with van der Waals surface area (Å²) >= 11 is 0. The highest BCUT2D eigenvalue weighted by molar-refractivity contribution is 5.76. The van der Waals surface area contributed by atoms with Crippen molar-refractivity contribution in [2.45, 2.75) is 38.5 Å². The number of carbonyl (C=O) groups excluding carboxylic acids is 1. The van der Waals surface area contributed by atoms with Gasteiger partial charge in [-0.05, 0) is 31.6 Å². The van der Waals surface area contributed by atoms with Gasteiger partial charge in [0.1, 0.15) is 0 Å². The van der Waals surface area contributed by atoms with E-state index in [0.717, 1.165) is 31.8 Å². The summed E-state index contributed by atoms with van der Waals surface area (Å²) in [5, 5.41) is 0. The van der Waals surface area contributed by atoms with Gasteiger partial charge in [-0.25, -0.2) is 0 Å². The lowest BCUT2D eigenvalue weighted by molar-refractivity contribution is -0.130. The van der Waals surface area contributed by atoms with Gasteiger partial charge < -0.3 is 4.90 Å². The third kappa shape index (κ3) is 1.99. The third-order valence-corrected chi connectivity index (χ3v) is 2.85. The highest BCUT2D eigenvalue weighted by Crippen LogP contribution is 2.30. The molecule has 1 saturated heterocycles. The van der Waals surface area contributed by atoms with E-state index >= 15 is 0 Å². The Morgan fingerprint density at radius 2 is 2.08 bits per heavy atom. The third-order valence-electron chi connectivity index (χ3n) is 2.85. The maximum absolute atomic E-state index is 11.5. The van der Waals surface area contributed by atoms with Crippen molar-refractivity contribution in [2.75, 3.05) is 13.1 Å². The van der Waals surface area contributed by atoms with Crippen LogP contribution in [-0.4, -0.2) is 23.9 Å².